The van der Waals surface area contributed by atoms with Gasteiger partial charge in [0.2, 0.25) is 0 Å². The lowest BCUT2D eigenvalue weighted by atomic mass is 10.1. The van der Waals surface area contributed by atoms with Crippen LogP contribution in [0.5, 0.6) is 23.0 Å². The maximum Gasteiger partial charge on any atom is 0.161 e. The van der Waals surface area contributed by atoms with E-state index in [1.807, 2.05) is 42.5 Å². The Morgan fingerprint density at radius 1 is 0.571 bits per heavy atom. The number of para-hydroxylation sites is 2. The minimum absolute atomic E-state index is 0.441. The van der Waals surface area contributed by atoms with Crippen LogP contribution in [0.2, 0.25) is 0 Å². The molecular formula is C22H28O6. The zero-order valence-corrected chi connectivity index (χ0v) is 16.4. The topological polar surface area (TPSA) is 55.4 Å². The van der Waals surface area contributed by atoms with Crippen molar-refractivity contribution in [3.05, 3.63) is 48.0 Å². The molecule has 0 spiro atoms. The van der Waals surface area contributed by atoms with Gasteiger partial charge in [0, 0.05) is 0 Å². The van der Waals surface area contributed by atoms with E-state index in [2.05, 4.69) is 6.92 Å². The average Bonchev–Trinajstić information content (AvgIpc) is 2.73. The molecule has 0 fully saturated rings. The van der Waals surface area contributed by atoms with Gasteiger partial charge in [-0.2, -0.15) is 0 Å². The largest absolute Gasteiger partial charge is 0.487 e. The van der Waals surface area contributed by atoms with Crippen molar-refractivity contribution in [2.24, 2.45) is 0 Å². The molecule has 6 heteroatoms. The highest BCUT2D eigenvalue weighted by Crippen LogP contribution is 2.29. The molecule has 0 radical (unpaired) electrons. The summed E-state index contributed by atoms with van der Waals surface area (Å²) in [5.41, 5.74) is 1.20. The minimum atomic E-state index is 0.441. The first-order chi connectivity index (χ1) is 13.9. The summed E-state index contributed by atoms with van der Waals surface area (Å²) in [6, 6.07) is 13.6. The molecule has 0 saturated heterocycles. The van der Waals surface area contributed by atoms with Crippen molar-refractivity contribution in [3.63, 3.8) is 0 Å². The van der Waals surface area contributed by atoms with Crippen LogP contribution in [-0.4, -0.2) is 52.9 Å². The van der Waals surface area contributed by atoms with E-state index in [0.29, 0.717) is 64.4 Å². The van der Waals surface area contributed by atoms with Crippen LogP contribution in [0, 0.1) is 0 Å². The third kappa shape index (κ3) is 6.32. The molecule has 1 heterocycles. The highest BCUT2D eigenvalue weighted by molar-refractivity contribution is 5.43. The molecule has 2 aromatic rings. The number of benzene rings is 2. The van der Waals surface area contributed by atoms with Crippen LogP contribution in [0.1, 0.15) is 12.5 Å². The van der Waals surface area contributed by atoms with E-state index in [4.69, 9.17) is 28.4 Å². The maximum absolute atomic E-state index is 5.88. The quantitative estimate of drug-likeness (QED) is 0.745. The zero-order valence-electron chi connectivity index (χ0n) is 16.4. The summed E-state index contributed by atoms with van der Waals surface area (Å²) in [5, 5.41) is 0. The molecule has 0 amide bonds. The van der Waals surface area contributed by atoms with Gasteiger partial charge in [0.15, 0.2) is 23.0 Å². The summed E-state index contributed by atoms with van der Waals surface area (Å²) >= 11 is 0. The summed E-state index contributed by atoms with van der Waals surface area (Å²) in [6.07, 6.45) is 0.940. The summed E-state index contributed by atoms with van der Waals surface area (Å²) in [4.78, 5) is 0. The molecule has 2 aromatic carbocycles. The molecule has 0 atom stereocenters. The van der Waals surface area contributed by atoms with Gasteiger partial charge in [0.25, 0.3) is 0 Å². The molecule has 152 valence electrons. The van der Waals surface area contributed by atoms with Crippen molar-refractivity contribution in [1.29, 1.82) is 0 Å². The molecule has 0 aromatic heterocycles. The van der Waals surface area contributed by atoms with Gasteiger partial charge in [0.05, 0.1) is 26.4 Å². The second-order valence-corrected chi connectivity index (χ2v) is 6.20. The summed E-state index contributed by atoms with van der Waals surface area (Å²) in [5.74, 6) is 2.85. The predicted octanol–water partition coefficient (Wildman–Crippen LogP) is 3.51. The van der Waals surface area contributed by atoms with E-state index in [9.17, 15) is 0 Å². The first kappa shape index (κ1) is 20.3. The Kier molecular flexibility index (Phi) is 8.27. The summed E-state index contributed by atoms with van der Waals surface area (Å²) in [6.45, 7) is 5.77. The van der Waals surface area contributed by atoms with Crippen molar-refractivity contribution in [3.8, 4) is 23.0 Å². The van der Waals surface area contributed by atoms with Gasteiger partial charge in [0.1, 0.15) is 26.4 Å². The lowest BCUT2D eigenvalue weighted by Gasteiger charge is -2.16. The van der Waals surface area contributed by atoms with Crippen molar-refractivity contribution < 1.29 is 28.4 Å². The standard InChI is InChI=1S/C22H28O6/c1-2-18-7-8-21-22(17-18)28-16-12-24-10-14-26-20-6-4-3-5-19(20)25-13-9-23-11-15-27-21/h3-8,17H,2,9-16H2,1H3. The Labute approximate surface area is 166 Å². The van der Waals surface area contributed by atoms with Gasteiger partial charge in [-0.15, -0.1) is 0 Å². The smallest absolute Gasteiger partial charge is 0.161 e. The van der Waals surface area contributed by atoms with Crippen LogP contribution in [0.3, 0.4) is 0 Å². The summed E-state index contributed by atoms with van der Waals surface area (Å²) < 4.78 is 34.5. The van der Waals surface area contributed by atoms with E-state index in [1.165, 1.54) is 5.56 Å². The van der Waals surface area contributed by atoms with Crippen molar-refractivity contribution in [1.82, 2.24) is 0 Å². The Hall–Kier alpha value is -2.44. The highest BCUT2D eigenvalue weighted by atomic mass is 16.6. The molecule has 0 N–H and O–H groups in total. The van der Waals surface area contributed by atoms with Crippen molar-refractivity contribution >= 4 is 0 Å². The van der Waals surface area contributed by atoms with Crippen LogP contribution >= 0.6 is 0 Å². The fourth-order valence-electron chi connectivity index (χ4n) is 2.74. The molecule has 1 aliphatic rings. The van der Waals surface area contributed by atoms with Crippen LogP contribution in [0.4, 0.5) is 0 Å². The second kappa shape index (κ2) is 11.4. The first-order valence-corrected chi connectivity index (χ1v) is 9.75. The average molecular weight is 388 g/mol. The fourth-order valence-corrected chi connectivity index (χ4v) is 2.74. The number of fused-ring (bicyclic) bond motifs is 2. The van der Waals surface area contributed by atoms with Gasteiger partial charge in [-0.3, -0.25) is 0 Å². The van der Waals surface area contributed by atoms with Crippen molar-refractivity contribution in [2.45, 2.75) is 13.3 Å². The van der Waals surface area contributed by atoms with E-state index < -0.39 is 0 Å². The molecule has 6 nitrogen and oxygen atoms in total. The van der Waals surface area contributed by atoms with Crippen LogP contribution in [0.25, 0.3) is 0 Å². The maximum atomic E-state index is 5.88. The molecule has 3 rings (SSSR count). The van der Waals surface area contributed by atoms with Gasteiger partial charge in [-0.05, 0) is 36.2 Å². The number of hydrogen-bond acceptors (Lipinski definition) is 6. The molecule has 0 bridgehead atoms. The Balaban J connectivity index is 1.59. The van der Waals surface area contributed by atoms with E-state index in [-0.39, 0.29) is 0 Å². The minimum Gasteiger partial charge on any atom is -0.487 e. The lowest BCUT2D eigenvalue weighted by molar-refractivity contribution is 0.0640. The lowest BCUT2D eigenvalue weighted by Crippen LogP contribution is -2.15. The van der Waals surface area contributed by atoms with Gasteiger partial charge < -0.3 is 28.4 Å². The molecule has 0 unspecified atom stereocenters. The predicted molar refractivity (Wildman–Crippen MR) is 106 cm³/mol. The number of hydrogen-bond donors (Lipinski definition) is 0. The second-order valence-electron chi connectivity index (χ2n) is 6.20. The fraction of sp³-hybridized carbons (Fsp3) is 0.455. The monoisotopic (exact) mass is 388 g/mol. The Bertz CT molecular complexity index is 718. The first-order valence-electron chi connectivity index (χ1n) is 9.75. The number of ether oxygens (including phenoxy) is 6. The highest BCUT2D eigenvalue weighted by Gasteiger charge is 2.08. The molecule has 1 aliphatic heterocycles. The van der Waals surface area contributed by atoms with E-state index >= 15 is 0 Å². The van der Waals surface area contributed by atoms with Crippen LogP contribution in [-0.2, 0) is 15.9 Å². The zero-order chi connectivity index (χ0) is 19.4. The van der Waals surface area contributed by atoms with Crippen LogP contribution in [0.15, 0.2) is 42.5 Å². The molecular weight excluding hydrogens is 360 g/mol. The van der Waals surface area contributed by atoms with Crippen LogP contribution < -0.4 is 18.9 Å². The normalized spacial score (nSPS) is 16.6. The number of aryl methyl sites for hydroxylation is 1. The Morgan fingerprint density at radius 2 is 1.04 bits per heavy atom. The van der Waals surface area contributed by atoms with E-state index in [0.717, 1.165) is 17.9 Å². The summed E-state index contributed by atoms with van der Waals surface area (Å²) in [7, 11) is 0. The third-order valence-electron chi connectivity index (χ3n) is 4.21. The number of rotatable bonds is 1. The molecule has 0 aliphatic carbocycles. The van der Waals surface area contributed by atoms with Gasteiger partial charge in [-0.1, -0.05) is 25.1 Å². The molecule has 28 heavy (non-hydrogen) atoms. The third-order valence-corrected chi connectivity index (χ3v) is 4.21. The van der Waals surface area contributed by atoms with Crippen molar-refractivity contribution in [2.75, 3.05) is 52.9 Å². The van der Waals surface area contributed by atoms with E-state index in [1.54, 1.807) is 0 Å². The SMILES string of the molecule is CCc1ccc2c(c1)OCCOCCOc1ccccc1OCCOCCO2. The Morgan fingerprint density at radius 3 is 1.54 bits per heavy atom. The van der Waals surface area contributed by atoms with Gasteiger partial charge >= 0.3 is 0 Å². The molecule has 0 saturated carbocycles. The van der Waals surface area contributed by atoms with Gasteiger partial charge in [-0.25, -0.2) is 0 Å².